The zero-order valence-electron chi connectivity index (χ0n) is 3.39. The Hall–Kier alpha value is 0.380. The van der Waals surface area contributed by atoms with Crippen LogP contribution in [0.1, 0.15) is 0 Å². The van der Waals surface area contributed by atoms with Crippen molar-refractivity contribution in [3.05, 3.63) is 12.2 Å². The van der Waals surface area contributed by atoms with Crippen LogP contribution in [0.3, 0.4) is 0 Å². The van der Waals surface area contributed by atoms with Crippen molar-refractivity contribution in [3.8, 4) is 0 Å². The molecule has 0 fully saturated rings. The predicted octanol–water partition coefficient (Wildman–Crippen LogP) is 1.71. The molecule has 0 atom stereocenters. The van der Waals surface area contributed by atoms with Gasteiger partial charge in [0.1, 0.15) is 0 Å². The third kappa shape index (κ3) is 4.38. The highest BCUT2D eigenvalue weighted by Crippen LogP contribution is 1.79. The van der Waals surface area contributed by atoms with Crippen molar-refractivity contribution in [2.45, 2.75) is 0 Å². The van der Waals surface area contributed by atoms with Gasteiger partial charge in [-0.3, -0.25) is 0 Å². The van der Waals surface area contributed by atoms with Gasteiger partial charge in [-0.1, -0.05) is 12.2 Å². The average molecular weight is 123 g/mol. The van der Waals surface area contributed by atoms with E-state index < -0.39 is 0 Å². The van der Waals surface area contributed by atoms with Gasteiger partial charge in [-0.15, -0.1) is 11.6 Å². The molecule has 0 aliphatic heterocycles. The Labute approximate surface area is 48.6 Å². The lowest BCUT2D eigenvalue weighted by atomic mass is 10.6. The van der Waals surface area contributed by atoms with Crippen molar-refractivity contribution >= 4 is 24.2 Å². The lowest BCUT2D eigenvalue weighted by Crippen LogP contribution is -1.60. The molecule has 0 nitrogen and oxygen atoms in total. The largest absolute Gasteiger partial charge is 0.175 e. The third-order valence-corrected chi connectivity index (χ3v) is 0.750. The number of hydrogen-bond donors (Lipinski definition) is 1. The van der Waals surface area contributed by atoms with Gasteiger partial charge in [-0.05, 0) is 0 Å². The van der Waals surface area contributed by atoms with Gasteiger partial charge in [0.2, 0.25) is 0 Å². The molecule has 0 saturated heterocycles. The topological polar surface area (TPSA) is 0 Å². The Kier molecular flexibility index (Phi) is 5.72. The molecule has 36 valence electrons. The van der Waals surface area contributed by atoms with Crippen LogP contribution in [0.25, 0.3) is 0 Å². The number of hydrogen-bond acceptors (Lipinski definition) is 1. The predicted molar refractivity (Wildman–Crippen MR) is 33.7 cm³/mol. The monoisotopic (exact) mass is 122 g/mol. The molecule has 0 rings (SSSR count). The van der Waals surface area contributed by atoms with Crippen LogP contribution in [-0.2, 0) is 0 Å². The molecule has 2 heteroatoms. The molecule has 0 saturated carbocycles. The van der Waals surface area contributed by atoms with Crippen molar-refractivity contribution < 1.29 is 0 Å². The van der Waals surface area contributed by atoms with Crippen molar-refractivity contribution in [1.82, 2.24) is 0 Å². The van der Waals surface area contributed by atoms with Gasteiger partial charge in [0.05, 0.1) is 0 Å². The molecule has 6 heavy (non-hydrogen) atoms. The molecule has 0 radical (unpaired) electrons. The summed E-state index contributed by atoms with van der Waals surface area (Å²) < 4.78 is 0. The van der Waals surface area contributed by atoms with E-state index in [0.29, 0.717) is 5.88 Å². The highest BCUT2D eigenvalue weighted by atomic mass is 35.5. The van der Waals surface area contributed by atoms with Crippen molar-refractivity contribution in [3.63, 3.8) is 0 Å². The summed E-state index contributed by atoms with van der Waals surface area (Å²) in [7, 11) is 0. The number of halogens is 1. The molecule has 0 spiro atoms. The third-order valence-electron chi connectivity index (χ3n) is 0.361. The van der Waals surface area contributed by atoms with Gasteiger partial charge in [0.25, 0.3) is 0 Å². The number of rotatable bonds is 2. The van der Waals surface area contributed by atoms with Crippen LogP contribution in [0.15, 0.2) is 12.2 Å². The SMILES string of the molecule is SCC=CCCl. The summed E-state index contributed by atoms with van der Waals surface area (Å²) in [4.78, 5) is 0. The maximum Gasteiger partial charge on any atom is 0.0404 e. The van der Waals surface area contributed by atoms with Gasteiger partial charge in [-0.25, -0.2) is 0 Å². The Morgan fingerprint density at radius 2 is 2.17 bits per heavy atom. The van der Waals surface area contributed by atoms with Gasteiger partial charge in [0, 0.05) is 11.6 Å². The summed E-state index contributed by atoms with van der Waals surface area (Å²) in [5.41, 5.74) is 0. The van der Waals surface area contributed by atoms with E-state index in [0.717, 1.165) is 5.75 Å². The molecule has 0 aromatic rings. The van der Waals surface area contributed by atoms with E-state index in [1.807, 2.05) is 12.2 Å². The van der Waals surface area contributed by atoms with Crippen LogP contribution in [-0.4, -0.2) is 11.6 Å². The molecule has 0 aromatic carbocycles. The van der Waals surface area contributed by atoms with Crippen LogP contribution < -0.4 is 0 Å². The molecule has 0 heterocycles. The second-order valence-corrected chi connectivity index (χ2v) is 1.48. The zero-order chi connectivity index (χ0) is 4.83. The Morgan fingerprint density at radius 1 is 1.50 bits per heavy atom. The number of allylic oxidation sites excluding steroid dienone is 1. The fraction of sp³-hybridized carbons (Fsp3) is 0.500. The molecule has 0 unspecified atom stereocenters. The van der Waals surface area contributed by atoms with Gasteiger partial charge in [-0.2, -0.15) is 12.6 Å². The van der Waals surface area contributed by atoms with Crippen LogP contribution in [0.2, 0.25) is 0 Å². The fourth-order valence-corrected chi connectivity index (χ4v) is 0.413. The average Bonchev–Trinajstić information content (AvgIpc) is 1.61. The first-order chi connectivity index (χ1) is 2.91. The molecular formula is C4H7ClS. The first-order valence-electron chi connectivity index (χ1n) is 1.73. The van der Waals surface area contributed by atoms with Crippen LogP contribution in [0.4, 0.5) is 0 Å². The van der Waals surface area contributed by atoms with E-state index in [-0.39, 0.29) is 0 Å². The lowest BCUT2D eigenvalue weighted by Gasteiger charge is -1.70. The van der Waals surface area contributed by atoms with Crippen LogP contribution >= 0.6 is 24.2 Å². The molecule has 0 aliphatic rings. The molecule has 0 amide bonds. The summed E-state index contributed by atoms with van der Waals surface area (Å²) in [6, 6.07) is 0. The van der Waals surface area contributed by atoms with Gasteiger partial charge >= 0.3 is 0 Å². The van der Waals surface area contributed by atoms with Crippen LogP contribution in [0, 0.1) is 0 Å². The second kappa shape index (κ2) is 5.38. The van der Waals surface area contributed by atoms with Gasteiger partial charge in [0.15, 0.2) is 0 Å². The summed E-state index contributed by atoms with van der Waals surface area (Å²) in [6.07, 6.45) is 3.78. The van der Waals surface area contributed by atoms with E-state index in [1.54, 1.807) is 0 Å². The second-order valence-electron chi connectivity index (χ2n) is 0.808. The minimum Gasteiger partial charge on any atom is -0.175 e. The molecular weight excluding hydrogens is 116 g/mol. The van der Waals surface area contributed by atoms with E-state index in [9.17, 15) is 0 Å². The molecule has 0 bridgehead atoms. The maximum atomic E-state index is 5.26. The lowest BCUT2D eigenvalue weighted by molar-refractivity contribution is 1.67. The summed E-state index contributed by atoms with van der Waals surface area (Å²) >= 11 is 9.17. The summed E-state index contributed by atoms with van der Waals surface area (Å²) in [5, 5.41) is 0. The first kappa shape index (κ1) is 6.38. The van der Waals surface area contributed by atoms with Crippen molar-refractivity contribution in [2.24, 2.45) is 0 Å². The quantitative estimate of drug-likeness (QED) is 0.322. The smallest absolute Gasteiger partial charge is 0.0404 e. The Bertz CT molecular complexity index is 36.8. The molecule has 0 aromatic heterocycles. The van der Waals surface area contributed by atoms with E-state index in [1.165, 1.54) is 0 Å². The highest BCUT2D eigenvalue weighted by molar-refractivity contribution is 7.80. The number of alkyl halides is 1. The van der Waals surface area contributed by atoms with E-state index >= 15 is 0 Å². The molecule has 0 N–H and O–H groups in total. The molecule has 0 aliphatic carbocycles. The van der Waals surface area contributed by atoms with E-state index in [4.69, 9.17) is 11.6 Å². The number of thiol groups is 1. The Morgan fingerprint density at radius 3 is 2.33 bits per heavy atom. The van der Waals surface area contributed by atoms with Crippen molar-refractivity contribution in [1.29, 1.82) is 0 Å². The Balaban J connectivity index is 2.73. The summed E-state index contributed by atoms with van der Waals surface area (Å²) in [6.45, 7) is 0. The minimum atomic E-state index is 0.598. The van der Waals surface area contributed by atoms with Crippen LogP contribution in [0.5, 0.6) is 0 Å². The normalized spacial score (nSPS) is 10.3. The standard InChI is InChI=1S/C4H7ClS/c5-3-1-2-4-6/h1-2,6H,3-4H2. The minimum absolute atomic E-state index is 0.598. The fourth-order valence-electron chi connectivity index (χ4n) is 0.138. The summed E-state index contributed by atoms with van der Waals surface area (Å²) in [5.74, 6) is 1.38. The maximum absolute atomic E-state index is 5.26. The van der Waals surface area contributed by atoms with Crippen molar-refractivity contribution in [2.75, 3.05) is 11.6 Å². The highest BCUT2D eigenvalue weighted by Gasteiger charge is 1.62. The first-order valence-corrected chi connectivity index (χ1v) is 2.90. The van der Waals surface area contributed by atoms with Gasteiger partial charge < -0.3 is 0 Å². The zero-order valence-corrected chi connectivity index (χ0v) is 5.04. The van der Waals surface area contributed by atoms with E-state index in [2.05, 4.69) is 12.6 Å².